The Hall–Kier alpha value is -3.65. The summed E-state index contributed by atoms with van der Waals surface area (Å²) in [7, 11) is 1.28. The fourth-order valence-electron chi connectivity index (χ4n) is 4.51. The number of halogens is 1. The third kappa shape index (κ3) is 5.28. The SMILES string of the molecule is COC(=O)[C@H](Cc1cnc[nH]1)NC(=O)C(C)C1=C(C)/C(=C/c2ccc(SC)cc2)c2ccc(F)cc21. The van der Waals surface area contributed by atoms with E-state index >= 15 is 0 Å². The number of amides is 1. The summed E-state index contributed by atoms with van der Waals surface area (Å²) in [6.07, 6.45) is 7.40. The highest BCUT2D eigenvalue weighted by Gasteiger charge is 2.33. The van der Waals surface area contributed by atoms with E-state index in [4.69, 9.17) is 4.74 Å². The molecule has 8 heteroatoms. The maximum atomic E-state index is 14.3. The average molecular weight is 506 g/mol. The second kappa shape index (κ2) is 11.0. The summed E-state index contributed by atoms with van der Waals surface area (Å²) in [6, 6.07) is 12.0. The van der Waals surface area contributed by atoms with Crippen LogP contribution in [0.25, 0.3) is 17.2 Å². The number of fused-ring (bicyclic) bond motifs is 1. The van der Waals surface area contributed by atoms with Gasteiger partial charge in [-0.15, -0.1) is 11.8 Å². The molecule has 1 heterocycles. The molecular formula is C28H28FN3O3S. The number of hydrogen-bond acceptors (Lipinski definition) is 5. The average Bonchev–Trinajstić information content (AvgIpc) is 3.49. The molecule has 2 aromatic carbocycles. The van der Waals surface area contributed by atoms with E-state index in [-0.39, 0.29) is 18.1 Å². The number of carbonyl (C=O) groups excluding carboxylic acids is 2. The summed E-state index contributed by atoms with van der Waals surface area (Å²) in [5.41, 5.74) is 5.85. The number of methoxy groups -OCH3 is 1. The second-order valence-electron chi connectivity index (χ2n) is 8.65. The minimum absolute atomic E-state index is 0.214. The molecule has 1 aliphatic rings. The quantitative estimate of drug-likeness (QED) is 0.327. The number of thioether (sulfide) groups is 1. The van der Waals surface area contributed by atoms with Gasteiger partial charge in [-0.1, -0.05) is 18.2 Å². The molecule has 1 aromatic heterocycles. The Morgan fingerprint density at radius 2 is 1.94 bits per heavy atom. The number of rotatable bonds is 8. The van der Waals surface area contributed by atoms with Gasteiger partial charge in [0, 0.05) is 23.2 Å². The molecule has 0 spiro atoms. The third-order valence-corrected chi connectivity index (χ3v) is 7.15. The van der Waals surface area contributed by atoms with Crippen LogP contribution in [0.15, 0.2) is 65.5 Å². The molecule has 6 nitrogen and oxygen atoms in total. The first-order chi connectivity index (χ1) is 17.3. The van der Waals surface area contributed by atoms with E-state index < -0.39 is 17.9 Å². The number of imidazole rings is 1. The van der Waals surface area contributed by atoms with Gasteiger partial charge in [0.1, 0.15) is 11.9 Å². The number of ether oxygens (including phenoxy) is 1. The molecule has 0 radical (unpaired) electrons. The number of aromatic nitrogens is 2. The summed E-state index contributed by atoms with van der Waals surface area (Å²) >= 11 is 1.67. The number of nitrogens with zero attached hydrogens (tertiary/aromatic N) is 1. The number of nitrogens with one attached hydrogen (secondary N) is 2. The van der Waals surface area contributed by atoms with Crippen molar-refractivity contribution in [2.24, 2.45) is 5.92 Å². The standard InChI is InChI=1S/C28H28FN3O3S/c1-16-23(11-18-5-8-21(36-4)9-6-18)22-10-7-19(29)12-24(22)26(16)17(2)27(33)32-25(28(34)35-3)13-20-14-30-15-31-20/h5-12,14-15,17,25H,13H2,1-4H3,(H,30,31)(H,32,33)/b23-11-/t17?,25-/m0/s1. The van der Waals surface area contributed by atoms with E-state index in [9.17, 15) is 14.0 Å². The van der Waals surface area contributed by atoms with Crippen LogP contribution in [0.3, 0.4) is 0 Å². The van der Waals surface area contributed by atoms with Gasteiger partial charge in [-0.05, 0) is 83.9 Å². The summed E-state index contributed by atoms with van der Waals surface area (Å²) < 4.78 is 19.2. The molecule has 0 saturated carbocycles. The fourth-order valence-corrected chi connectivity index (χ4v) is 4.92. The molecule has 1 unspecified atom stereocenters. The molecule has 2 N–H and O–H groups in total. The van der Waals surface area contributed by atoms with Crippen molar-refractivity contribution < 1.29 is 18.7 Å². The number of H-pyrrole nitrogens is 1. The Kier molecular flexibility index (Phi) is 7.74. The summed E-state index contributed by atoms with van der Waals surface area (Å²) in [5.74, 6) is -1.91. The second-order valence-corrected chi connectivity index (χ2v) is 9.53. The van der Waals surface area contributed by atoms with E-state index in [1.54, 1.807) is 30.9 Å². The smallest absolute Gasteiger partial charge is 0.328 e. The number of benzene rings is 2. The largest absolute Gasteiger partial charge is 0.467 e. The van der Waals surface area contributed by atoms with Crippen molar-refractivity contribution in [2.45, 2.75) is 31.2 Å². The predicted octanol–water partition coefficient (Wildman–Crippen LogP) is 5.14. The van der Waals surface area contributed by atoms with Crippen molar-refractivity contribution in [3.05, 3.63) is 88.8 Å². The lowest BCUT2D eigenvalue weighted by Crippen LogP contribution is -2.45. The van der Waals surface area contributed by atoms with E-state index in [0.29, 0.717) is 11.3 Å². The van der Waals surface area contributed by atoms with Crippen LogP contribution < -0.4 is 5.32 Å². The van der Waals surface area contributed by atoms with E-state index in [0.717, 1.165) is 27.8 Å². The number of hydrogen-bond donors (Lipinski definition) is 2. The molecule has 4 rings (SSSR count). The van der Waals surface area contributed by atoms with Gasteiger partial charge >= 0.3 is 5.97 Å². The molecule has 0 fully saturated rings. The lowest BCUT2D eigenvalue weighted by molar-refractivity contribution is -0.145. The van der Waals surface area contributed by atoms with Gasteiger partial charge < -0.3 is 15.0 Å². The highest BCUT2D eigenvalue weighted by Crippen LogP contribution is 2.45. The van der Waals surface area contributed by atoms with Crippen molar-refractivity contribution in [2.75, 3.05) is 13.4 Å². The predicted molar refractivity (Wildman–Crippen MR) is 140 cm³/mol. The van der Waals surface area contributed by atoms with Crippen LogP contribution in [0.1, 0.15) is 36.2 Å². The van der Waals surface area contributed by atoms with Crippen LogP contribution in [0.4, 0.5) is 4.39 Å². The molecular weight excluding hydrogens is 477 g/mol. The summed E-state index contributed by atoms with van der Waals surface area (Å²) in [5, 5.41) is 2.81. The van der Waals surface area contributed by atoms with Crippen LogP contribution in [-0.2, 0) is 20.7 Å². The minimum Gasteiger partial charge on any atom is -0.467 e. The monoisotopic (exact) mass is 505 g/mol. The van der Waals surface area contributed by atoms with E-state index in [1.165, 1.54) is 30.5 Å². The van der Waals surface area contributed by atoms with Crippen molar-refractivity contribution >= 4 is 40.9 Å². The maximum Gasteiger partial charge on any atom is 0.328 e. The summed E-state index contributed by atoms with van der Waals surface area (Å²) in [6.45, 7) is 3.71. The van der Waals surface area contributed by atoms with Gasteiger partial charge in [0.25, 0.3) is 0 Å². The van der Waals surface area contributed by atoms with E-state index in [1.807, 2.05) is 25.3 Å². The van der Waals surface area contributed by atoms with Gasteiger partial charge in [-0.3, -0.25) is 4.79 Å². The number of allylic oxidation sites excluding steroid dienone is 2. The topological polar surface area (TPSA) is 84.1 Å². The van der Waals surface area contributed by atoms with Crippen molar-refractivity contribution in [1.29, 1.82) is 0 Å². The van der Waals surface area contributed by atoms with Gasteiger partial charge in [0.2, 0.25) is 5.91 Å². The summed E-state index contributed by atoms with van der Waals surface area (Å²) in [4.78, 5) is 33.8. The lowest BCUT2D eigenvalue weighted by Gasteiger charge is -2.20. The van der Waals surface area contributed by atoms with Gasteiger partial charge in [-0.25, -0.2) is 14.2 Å². The number of esters is 1. The van der Waals surface area contributed by atoms with Crippen LogP contribution in [0.2, 0.25) is 0 Å². The van der Waals surface area contributed by atoms with Gasteiger partial charge in [0.15, 0.2) is 0 Å². The van der Waals surface area contributed by atoms with Crippen molar-refractivity contribution in [3.63, 3.8) is 0 Å². The highest BCUT2D eigenvalue weighted by atomic mass is 32.2. The number of aromatic amines is 1. The molecule has 2 atom stereocenters. The minimum atomic E-state index is -0.885. The van der Waals surface area contributed by atoms with Crippen LogP contribution >= 0.6 is 11.8 Å². The Bertz CT molecular complexity index is 1330. The molecule has 1 amide bonds. The zero-order chi connectivity index (χ0) is 25.8. The molecule has 0 bridgehead atoms. The first-order valence-electron chi connectivity index (χ1n) is 11.5. The zero-order valence-corrected chi connectivity index (χ0v) is 21.4. The molecule has 0 aliphatic heterocycles. The van der Waals surface area contributed by atoms with Crippen molar-refractivity contribution in [1.82, 2.24) is 15.3 Å². The van der Waals surface area contributed by atoms with Crippen LogP contribution in [0, 0.1) is 11.7 Å². The van der Waals surface area contributed by atoms with Gasteiger partial charge in [-0.2, -0.15) is 0 Å². The van der Waals surface area contributed by atoms with Crippen LogP contribution in [0.5, 0.6) is 0 Å². The molecule has 1 aliphatic carbocycles. The maximum absolute atomic E-state index is 14.3. The Balaban J connectivity index is 1.67. The fraction of sp³-hybridized carbons (Fsp3) is 0.250. The molecule has 36 heavy (non-hydrogen) atoms. The highest BCUT2D eigenvalue weighted by molar-refractivity contribution is 7.98. The van der Waals surface area contributed by atoms with Crippen molar-refractivity contribution in [3.8, 4) is 0 Å². The Morgan fingerprint density at radius 3 is 2.58 bits per heavy atom. The molecule has 0 saturated heterocycles. The van der Waals surface area contributed by atoms with E-state index in [2.05, 4.69) is 33.5 Å². The Labute approximate surface area is 214 Å². The normalized spacial score (nSPS) is 15.5. The number of carbonyl (C=O) groups is 2. The zero-order valence-electron chi connectivity index (χ0n) is 20.6. The third-order valence-electron chi connectivity index (χ3n) is 6.40. The Morgan fingerprint density at radius 1 is 1.19 bits per heavy atom. The first-order valence-corrected chi connectivity index (χ1v) is 12.8. The first kappa shape index (κ1) is 25.4. The lowest BCUT2D eigenvalue weighted by atomic mass is 9.92. The molecule has 186 valence electrons. The molecule has 3 aromatic rings. The van der Waals surface area contributed by atoms with Gasteiger partial charge in [0.05, 0.1) is 19.4 Å². The van der Waals surface area contributed by atoms with Crippen LogP contribution in [-0.4, -0.2) is 41.3 Å².